The van der Waals surface area contributed by atoms with Crippen LogP contribution in [0.2, 0.25) is 0 Å². The Balaban J connectivity index is 1.64. The standard InChI is InChI=1S/C15H21N3S/c1-11(7-15-6-3-12(2)19-15)18-10-16-8-14(18)9-17-13-4-5-13/h3,6,8,10-11,13,17H,4-5,7,9H2,1-2H3. The van der Waals surface area contributed by atoms with Crippen molar-refractivity contribution >= 4 is 11.3 Å². The Kier molecular flexibility index (Phi) is 3.71. The molecule has 3 rings (SSSR count). The van der Waals surface area contributed by atoms with Gasteiger partial charge in [0.2, 0.25) is 0 Å². The summed E-state index contributed by atoms with van der Waals surface area (Å²) in [5.41, 5.74) is 1.30. The van der Waals surface area contributed by atoms with E-state index in [2.05, 4.69) is 40.8 Å². The quantitative estimate of drug-likeness (QED) is 0.876. The van der Waals surface area contributed by atoms with Gasteiger partial charge in [0.1, 0.15) is 0 Å². The lowest BCUT2D eigenvalue weighted by Crippen LogP contribution is -2.19. The van der Waals surface area contributed by atoms with Gasteiger partial charge in [-0.05, 0) is 38.8 Å². The number of aryl methyl sites for hydroxylation is 1. The number of nitrogens with zero attached hydrogens (tertiary/aromatic N) is 2. The van der Waals surface area contributed by atoms with Crippen LogP contribution >= 0.6 is 11.3 Å². The average molecular weight is 275 g/mol. The van der Waals surface area contributed by atoms with E-state index in [4.69, 9.17) is 0 Å². The molecule has 0 spiro atoms. The minimum Gasteiger partial charge on any atom is -0.330 e. The molecule has 0 bridgehead atoms. The van der Waals surface area contributed by atoms with E-state index in [0.29, 0.717) is 6.04 Å². The van der Waals surface area contributed by atoms with Crippen LogP contribution in [0.3, 0.4) is 0 Å². The molecular weight excluding hydrogens is 254 g/mol. The molecule has 1 saturated carbocycles. The lowest BCUT2D eigenvalue weighted by Gasteiger charge is -2.16. The van der Waals surface area contributed by atoms with Gasteiger partial charge in [-0.15, -0.1) is 11.3 Å². The number of rotatable bonds is 6. The topological polar surface area (TPSA) is 29.9 Å². The minimum absolute atomic E-state index is 0.469. The summed E-state index contributed by atoms with van der Waals surface area (Å²) in [5.74, 6) is 0. The molecule has 19 heavy (non-hydrogen) atoms. The highest BCUT2D eigenvalue weighted by molar-refractivity contribution is 7.11. The van der Waals surface area contributed by atoms with Gasteiger partial charge in [0.05, 0.1) is 12.0 Å². The van der Waals surface area contributed by atoms with Gasteiger partial charge in [0, 0.05) is 41.0 Å². The van der Waals surface area contributed by atoms with Gasteiger partial charge < -0.3 is 9.88 Å². The molecule has 4 heteroatoms. The third-order valence-corrected chi connectivity index (χ3v) is 4.69. The SMILES string of the molecule is Cc1ccc(CC(C)n2cncc2CNC2CC2)s1. The maximum Gasteiger partial charge on any atom is 0.0951 e. The van der Waals surface area contributed by atoms with E-state index in [1.54, 1.807) is 0 Å². The summed E-state index contributed by atoms with van der Waals surface area (Å²) in [4.78, 5) is 7.16. The molecule has 0 amide bonds. The zero-order chi connectivity index (χ0) is 13.2. The van der Waals surface area contributed by atoms with Crippen molar-refractivity contribution in [3.05, 3.63) is 40.1 Å². The number of hydrogen-bond donors (Lipinski definition) is 1. The van der Waals surface area contributed by atoms with Gasteiger partial charge in [0.25, 0.3) is 0 Å². The summed E-state index contributed by atoms with van der Waals surface area (Å²) in [6.45, 7) is 5.39. The van der Waals surface area contributed by atoms with E-state index < -0.39 is 0 Å². The highest BCUT2D eigenvalue weighted by atomic mass is 32.1. The summed E-state index contributed by atoms with van der Waals surface area (Å²) < 4.78 is 2.31. The molecular formula is C15H21N3S. The van der Waals surface area contributed by atoms with E-state index in [-0.39, 0.29) is 0 Å². The van der Waals surface area contributed by atoms with Crippen LogP contribution in [-0.2, 0) is 13.0 Å². The Morgan fingerprint density at radius 2 is 2.32 bits per heavy atom. The fourth-order valence-electron chi connectivity index (χ4n) is 2.39. The molecule has 102 valence electrons. The van der Waals surface area contributed by atoms with Gasteiger partial charge in [0.15, 0.2) is 0 Å². The molecule has 2 aromatic rings. The van der Waals surface area contributed by atoms with Crippen LogP contribution in [0.15, 0.2) is 24.7 Å². The lowest BCUT2D eigenvalue weighted by atomic mass is 10.2. The minimum atomic E-state index is 0.469. The number of hydrogen-bond acceptors (Lipinski definition) is 3. The zero-order valence-corrected chi connectivity index (χ0v) is 12.4. The molecule has 1 N–H and O–H groups in total. The molecule has 1 atom stereocenters. The van der Waals surface area contributed by atoms with E-state index in [9.17, 15) is 0 Å². The molecule has 2 aromatic heterocycles. The van der Waals surface area contributed by atoms with E-state index in [1.165, 1.54) is 28.3 Å². The van der Waals surface area contributed by atoms with Gasteiger partial charge in [-0.1, -0.05) is 0 Å². The van der Waals surface area contributed by atoms with Crippen molar-refractivity contribution in [3.63, 3.8) is 0 Å². The van der Waals surface area contributed by atoms with Gasteiger partial charge in [-0.25, -0.2) is 4.98 Å². The second kappa shape index (κ2) is 5.47. The summed E-state index contributed by atoms with van der Waals surface area (Å²) in [6, 6.07) is 5.67. The molecule has 1 unspecified atom stereocenters. The first-order valence-electron chi connectivity index (χ1n) is 7.02. The molecule has 2 heterocycles. The average Bonchev–Trinajstić information content (AvgIpc) is 2.94. The van der Waals surface area contributed by atoms with Crippen molar-refractivity contribution < 1.29 is 0 Å². The Morgan fingerprint density at radius 3 is 3.00 bits per heavy atom. The highest BCUT2D eigenvalue weighted by Gasteiger charge is 2.21. The summed E-state index contributed by atoms with van der Waals surface area (Å²) >= 11 is 1.90. The summed E-state index contributed by atoms with van der Waals surface area (Å²) in [6.07, 6.45) is 7.71. The smallest absolute Gasteiger partial charge is 0.0951 e. The number of imidazole rings is 1. The van der Waals surface area contributed by atoms with Gasteiger partial charge in [-0.2, -0.15) is 0 Å². The van der Waals surface area contributed by atoms with Crippen LogP contribution in [0.25, 0.3) is 0 Å². The second-order valence-electron chi connectivity index (χ2n) is 5.51. The molecule has 0 saturated heterocycles. The molecule has 1 aliphatic carbocycles. The third kappa shape index (κ3) is 3.25. The summed E-state index contributed by atoms with van der Waals surface area (Å²) in [5, 5.41) is 3.56. The normalized spacial score (nSPS) is 16.7. The predicted molar refractivity (Wildman–Crippen MR) is 79.6 cm³/mol. The molecule has 0 radical (unpaired) electrons. The maximum atomic E-state index is 4.31. The second-order valence-corrected chi connectivity index (χ2v) is 6.89. The Bertz CT molecular complexity index is 539. The van der Waals surface area contributed by atoms with E-state index >= 15 is 0 Å². The number of nitrogens with one attached hydrogen (secondary N) is 1. The first-order valence-corrected chi connectivity index (χ1v) is 7.83. The fourth-order valence-corrected chi connectivity index (χ4v) is 3.40. The third-order valence-electron chi connectivity index (χ3n) is 3.66. The van der Waals surface area contributed by atoms with Crippen LogP contribution in [0.4, 0.5) is 0 Å². The van der Waals surface area contributed by atoms with Crippen molar-refractivity contribution in [3.8, 4) is 0 Å². The fraction of sp³-hybridized carbons (Fsp3) is 0.533. The van der Waals surface area contributed by atoms with E-state index in [1.807, 2.05) is 23.9 Å². The van der Waals surface area contributed by atoms with Crippen molar-refractivity contribution in [2.45, 2.75) is 51.7 Å². The molecule has 3 nitrogen and oxygen atoms in total. The van der Waals surface area contributed by atoms with Gasteiger partial charge in [-0.3, -0.25) is 0 Å². The number of thiophene rings is 1. The summed E-state index contributed by atoms with van der Waals surface area (Å²) in [7, 11) is 0. The zero-order valence-electron chi connectivity index (χ0n) is 11.6. The molecule has 0 aliphatic heterocycles. The van der Waals surface area contributed by atoms with Crippen molar-refractivity contribution in [2.24, 2.45) is 0 Å². The van der Waals surface area contributed by atoms with Crippen molar-refractivity contribution in [1.29, 1.82) is 0 Å². The monoisotopic (exact) mass is 275 g/mol. The lowest BCUT2D eigenvalue weighted by molar-refractivity contribution is 0.513. The van der Waals surface area contributed by atoms with E-state index in [0.717, 1.165) is 19.0 Å². The highest BCUT2D eigenvalue weighted by Crippen LogP contribution is 2.23. The van der Waals surface area contributed by atoms with Crippen molar-refractivity contribution in [2.75, 3.05) is 0 Å². The van der Waals surface area contributed by atoms with Crippen LogP contribution < -0.4 is 5.32 Å². The Labute approximate surface area is 118 Å². The molecule has 0 aromatic carbocycles. The predicted octanol–water partition coefficient (Wildman–Crippen LogP) is 3.31. The largest absolute Gasteiger partial charge is 0.330 e. The Morgan fingerprint density at radius 1 is 1.47 bits per heavy atom. The van der Waals surface area contributed by atoms with Crippen LogP contribution in [0.1, 0.15) is 41.3 Å². The molecule has 1 fully saturated rings. The molecule has 1 aliphatic rings. The first-order chi connectivity index (χ1) is 9.22. The first kappa shape index (κ1) is 12.9. The van der Waals surface area contributed by atoms with Gasteiger partial charge >= 0.3 is 0 Å². The number of aromatic nitrogens is 2. The maximum absolute atomic E-state index is 4.31. The Hall–Kier alpha value is -1.13. The van der Waals surface area contributed by atoms with Crippen LogP contribution in [-0.4, -0.2) is 15.6 Å². The van der Waals surface area contributed by atoms with Crippen LogP contribution in [0, 0.1) is 6.92 Å². The van der Waals surface area contributed by atoms with Crippen molar-refractivity contribution in [1.82, 2.24) is 14.9 Å². The van der Waals surface area contributed by atoms with Crippen LogP contribution in [0.5, 0.6) is 0 Å².